The maximum Gasteiger partial charge on any atom is 0.0541 e. The zero-order valence-corrected chi connectivity index (χ0v) is 21.1. The predicted octanol–water partition coefficient (Wildman–Crippen LogP) is 9.02. The van der Waals surface area contributed by atoms with Gasteiger partial charge in [-0.25, -0.2) is 0 Å². The Morgan fingerprint density at radius 3 is 1.53 bits per heavy atom. The van der Waals surface area contributed by atoms with Crippen molar-refractivity contribution in [2.75, 3.05) is 0 Å². The molecule has 0 spiro atoms. The average Bonchev–Trinajstić information content (AvgIpc) is 3.35. The number of benzene rings is 5. The van der Waals surface area contributed by atoms with Gasteiger partial charge < -0.3 is 9.13 Å². The van der Waals surface area contributed by atoms with Crippen LogP contribution in [0.15, 0.2) is 97.1 Å². The molecule has 0 atom stereocenters. The van der Waals surface area contributed by atoms with Crippen molar-refractivity contribution in [3.8, 4) is 16.8 Å². The fourth-order valence-electron chi connectivity index (χ4n) is 5.87. The van der Waals surface area contributed by atoms with Gasteiger partial charge in [0.05, 0.1) is 11.0 Å². The van der Waals surface area contributed by atoms with Crippen LogP contribution in [0.3, 0.4) is 0 Å². The van der Waals surface area contributed by atoms with Gasteiger partial charge in [-0.05, 0) is 92.6 Å². The third-order valence-electron chi connectivity index (χ3n) is 7.68. The standard InChI is InChI=1S/C34H28N2/c1-21-8-12-31-27(16-21)30-20-25(11-15-32(30)35(31)4)24-6-5-7-26(19-24)36-33-13-9-22(2)17-28(33)29-18-23(3)10-14-34(29)36/h5-20H,1-4H3. The Morgan fingerprint density at radius 1 is 0.444 bits per heavy atom. The van der Waals surface area contributed by atoms with Crippen molar-refractivity contribution in [2.45, 2.75) is 20.8 Å². The fourth-order valence-corrected chi connectivity index (χ4v) is 5.87. The van der Waals surface area contributed by atoms with Crippen LogP contribution in [0, 0.1) is 20.8 Å². The minimum atomic E-state index is 1.19. The maximum absolute atomic E-state index is 2.41. The van der Waals surface area contributed by atoms with Crippen LogP contribution in [0.4, 0.5) is 0 Å². The van der Waals surface area contributed by atoms with E-state index in [9.17, 15) is 0 Å². The molecule has 7 aromatic rings. The van der Waals surface area contributed by atoms with E-state index >= 15 is 0 Å². The Morgan fingerprint density at radius 2 is 0.917 bits per heavy atom. The van der Waals surface area contributed by atoms with Crippen LogP contribution in [-0.2, 0) is 7.05 Å². The van der Waals surface area contributed by atoms with Crippen LogP contribution in [0.5, 0.6) is 0 Å². The van der Waals surface area contributed by atoms with E-state index in [2.05, 4.69) is 134 Å². The summed E-state index contributed by atoms with van der Waals surface area (Å²) in [5.74, 6) is 0. The van der Waals surface area contributed by atoms with Gasteiger partial charge in [-0.3, -0.25) is 0 Å². The zero-order valence-electron chi connectivity index (χ0n) is 21.1. The lowest BCUT2D eigenvalue weighted by molar-refractivity contribution is 1.01. The molecule has 0 radical (unpaired) electrons. The van der Waals surface area contributed by atoms with Gasteiger partial charge in [0.25, 0.3) is 0 Å². The van der Waals surface area contributed by atoms with Crippen LogP contribution in [0.25, 0.3) is 60.4 Å². The van der Waals surface area contributed by atoms with Gasteiger partial charge in [0.2, 0.25) is 0 Å². The van der Waals surface area contributed by atoms with Crippen LogP contribution < -0.4 is 0 Å². The summed E-state index contributed by atoms with van der Waals surface area (Å²) in [6.07, 6.45) is 0. The van der Waals surface area contributed by atoms with Crippen molar-refractivity contribution in [3.63, 3.8) is 0 Å². The highest BCUT2D eigenvalue weighted by molar-refractivity contribution is 6.11. The van der Waals surface area contributed by atoms with Gasteiger partial charge in [-0.1, -0.05) is 53.1 Å². The Kier molecular flexibility index (Phi) is 4.44. The molecule has 0 bridgehead atoms. The zero-order chi connectivity index (χ0) is 24.6. The van der Waals surface area contributed by atoms with Crippen LogP contribution in [0.1, 0.15) is 16.7 Å². The summed E-state index contributed by atoms with van der Waals surface area (Å²) in [7, 11) is 2.16. The fraction of sp³-hybridized carbons (Fsp3) is 0.118. The van der Waals surface area contributed by atoms with Crippen LogP contribution in [-0.4, -0.2) is 9.13 Å². The SMILES string of the molecule is Cc1ccc2c(c1)c1cc(-c3cccc(-n4c5ccc(C)cc5c5cc(C)ccc54)c3)ccc1n2C. The van der Waals surface area contributed by atoms with E-state index in [-0.39, 0.29) is 0 Å². The molecule has 2 nitrogen and oxygen atoms in total. The average molecular weight is 465 g/mol. The van der Waals surface area contributed by atoms with Gasteiger partial charge in [-0.15, -0.1) is 0 Å². The van der Waals surface area contributed by atoms with Crippen molar-refractivity contribution in [3.05, 3.63) is 114 Å². The summed E-state index contributed by atoms with van der Waals surface area (Å²) in [5, 5.41) is 5.25. The van der Waals surface area contributed by atoms with E-state index < -0.39 is 0 Å². The molecule has 5 aromatic carbocycles. The Labute approximate surface area is 211 Å². The molecule has 2 heterocycles. The molecule has 0 saturated heterocycles. The number of nitrogens with zero attached hydrogens (tertiary/aromatic N) is 2. The molecule has 0 aliphatic rings. The minimum Gasteiger partial charge on any atom is -0.344 e. The normalized spacial score (nSPS) is 11.9. The third kappa shape index (κ3) is 3.04. The first-order chi connectivity index (χ1) is 17.5. The van der Waals surface area contributed by atoms with Crippen molar-refractivity contribution < 1.29 is 0 Å². The summed E-state index contributed by atoms with van der Waals surface area (Å²) in [6.45, 7) is 6.51. The quantitative estimate of drug-likeness (QED) is 0.241. The first-order valence-corrected chi connectivity index (χ1v) is 12.6. The number of hydrogen-bond acceptors (Lipinski definition) is 0. The highest BCUT2D eigenvalue weighted by atomic mass is 15.0. The summed E-state index contributed by atoms with van der Waals surface area (Å²) < 4.78 is 4.71. The van der Waals surface area contributed by atoms with E-state index in [1.54, 1.807) is 0 Å². The number of hydrogen-bond donors (Lipinski definition) is 0. The van der Waals surface area contributed by atoms with Crippen molar-refractivity contribution in [1.29, 1.82) is 0 Å². The maximum atomic E-state index is 2.41. The van der Waals surface area contributed by atoms with Gasteiger partial charge in [0, 0.05) is 45.3 Å². The van der Waals surface area contributed by atoms with Crippen LogP contribution >= 0.6 is 0 Å². The first-order valence-electron chi connectivity index (χ1n) is 12.6. The van der Waals surface area contributed by atoms with Crippen LogP contribution in [0.2, 0.25) is 0 Å². The molecule has 36 heavy (non-hydrogen) atoms. The lowest BCUT2D eigenvalue weighted by Gasteiger charge is -2.11. The molecule has 0 amide bonds. The largest absolute Gasteiger partial charge is 0.344 e. The van der Waals surface area contributed by atoms with Crippen molar-refractivity contribution in [1.82, 2.24) is 9.13 Å². The molecular formula is C34H28N2. The molecule has 2 heteroatoms. The molecule has 0 N–H and O–H groups in total. The second-order valence-corrected chi connectivity index (χ2v) is 10.2. The van der Waals surface area contributed by atoms with Crippen molar-refractivity contribution in [2.24, 2.45) is 7.05 Å². The topological polar surface area (TPSA) is 9.86 Å². The second kappa shape index (κ2) is 7.60. The Balaban J connectivity index is 1.46. The molecule has 2 aromatic heterocycles. The molecule has 0 aliphatic heterocycles. The molecule has 0 fully saturated rings. The van der Waals surface area contributed by atoms with Gasteiger partial charge in [-0.2, -0.15) is 0 Å². The van der Waals surface area contributed by atoms with E-state index in [1.165, 1.54) is 77.1 Å². The van der Waals surface area contributed by atoms with Gasteiger partial charge in [0.1, 0.15) is 0 Å². The summed E-state index contributed by atoms with van der Waals surface area (Å²) >= 11 is 0. The molecule has 0 unspecified atom stereocenters. The molecule has 7 rings (SSSR count). The van der Waals surface area contributed by atoms with E-state index in [0.717, 1.165) is 0 Å². The molecule has 0 saturated carbocycles. The molecular weight excluding hydrogens is 436 g/mol. The number of aromatic nitrogens is 2. The summed E-state index contributed by atoms with van der Waals surface area (Å²) in [6, 6.07) is 36.1. The lowest BCUT2D eigenvalue weighted by Crippen LogP contribution is -1.94. The number of rotatable bonds is 2. The monoisotopic (exact) mass is 464 g/mol. The van der Waals surface area contributed by atoms with E-state index in [0.29, 0.717) is 0 Å². The smallest absolute Gasteiger partial charge is 0.0541 e. The lowest BCUT2D eigenvalue weighted by atomic mass is 10.0. The van der Waals surface area contributed by atoms with E-state index in [4.69, 9.17) is 0 Å². The summed E-state index contributed by atoms with van der Waals surface area (Å²) in [5.41, 5.74) is 12.6. The minimum absolute atomic E-state index is 1.19. The highest BCUT2D eigenvalue weighted by Crippen LogP contribution is 2.36. The van der Waals surface area contributed by atoms with Crippen molar-refractivity contribution >= 4 is 43.6 Å². The molecule has 0 aliphatic carbocycles. The predicted molar refractivity (Wildman–Crippen MR) is 154 cm³/mol. The highest BCUT2D eigenvalue weighted by Gasteiger charge is 2.14. The number of aryl methyl sites for hydroxylation is 4. The number of fused-ring (bicyclic) bond motifs is 6. The van der Waals surface area contributed by atoms with Gasteiger partial charge >= 0.3 is 0 Å². The Bertz CT molecular complexity index is 1920. The summed E-state index contributed by atoms with van der Waals surface area (Å²) in [4.78, 5) is 0. The third-order valence-corrected chi connectivity index (χ3v) is 7.68. The first kappa shape index (κ1) is 21.0. The second-order valence-electron chi connectivity index (χ2n) is 10.2. The Hall–Kier alpha value is -4.30. The van der Waals surface area contributed by atoms with Gasteiger partial charge in [0.15, 0.2) is 0 Å². The molecule has 174 valence electrons. The van der Waals surface area contributed by atoms with E-state index in [1.807, 2.05) is 0 Å².